The van der Waals surface area contributed by atoms with Crippen LogP contribution >= 0.6 is 23.3 Å². The second-order valence-electron chi connectivity index (χ2n) is 5.57. The summed E-state index contributed by atoms with van der Waals surface area (Å²) in [4.78, 5) is 4.49. The van der Waals surface area contributed by atoms with Gasteiger partial charge in [-0.1, -0.05) is 32.0 Å². The summed E-state index contributed by atoms with van der Waals surface area (Å²) in [5.74, 6) is 2.44. The van der Waals surface area contributed by atoms with Gasteiger partial charge >= 0.3 is 0 Å². The number of thioether (sulfide) groups is 1. The van der Waals surface area contributed by atoms with Crippen LogP contribution in [0.5, 0.6) is 0 Å². The van der Waals surface area contributed by atoms with E-state index in [0.29, 0.717) is 5.92 Å². The molecule has 0 amide bonds. The van der Waals surface area contributed by atoms with Crippen molar-refractivity contribution in [1.29, 1.82) is 5.26 Å². The largest absolute Gasteiger partial charge is 0.299 e. The highest BCUT2D eigenvalue weighted by Crippen LogP contribution is 2.38. The molecule has 0 aliphatic heterocycles. The summed E-state index contributed by atoms with van der Waals surface area (Å²) in [5.41, 5.74) is -0.285. The van der Waals surface area contributed by atoms with Crippen LogP contribution in [0.2, 0.25) is 0 Å². The van der Waals surface area contributed by atoms with Crippen LogP contribution in [-0.2, 0) is 6.42 Å². The Hall–Kier alpha value is -0.640. The molecule has 0 aromatic carbocycles. The lowest BCUT2D eigenvalue weighted by molar-refractivity contribution is 0.311. The van der Waals surface area contributed by atoms with E-state index >= 15 is 0 Å². The molecule has 4 nitrogen and oxygen atoms in total. The highest BCUT2D eigenvalue weighted by Gasteiger charge is 2.42. The van der Waals surface area contributed by atoms with Crippen molar-refractivity contribution in [3.63, 3.8) is 0 Å². The number of nitriles is 1. The Labute approximate surface area is 135 Å². The smallest absolute Gasteiger partial charge is 0.170 e. The Morgan fingerprint density at radius 1 is 1.52 bits per heavy atom. The first-order valence-electron chi connectivity index (χ1n) is 7.85. The highest BCUT2D eigenvalue weighted by molar-refractivity contribution is 8.00. The van der Waals surface area contributed by atoms with Crippen molar-refractivity contribution < 1.29 is 0 Å². The fourth-order valence-corrected chi connectivity index (χ4v) is 4.78. The molecule has 0 radical (unpaired) electrons. The van der Waals surface area contributed by atoms with Gasteiger partial charge in [-0.3, -0.25) is 5.32 Å². The van der Waals surface area contributed by atoms with Crippen molar-refractivity contribution in [3.05, 3.63) is 5.82 Å². The fraction of sp³-hybridized carbons (Fsp3) is 0.800. The van der Waals surface area contributed by atoms with E-state index in [9.17, 15) is 5.26 Å². The second kappa shape index (κ2) is 8.11. The van der Waals surface area contributed by atoms with Crippen molar-refractivity contribution in [2.45, 2.75) is 62.3 Å². The van der Waals surface area contributed by atoms with E-state index in [4.69, 9.17) is 0 Å². The van der Waals surface area contributed by atoms with Crippen molar-refractivity contribution >= 4 is 23.3 Å². The topological polar surface area (TPSA) is 61.6 Å². The van der Waals surface area contributed by atoms with E-state index in [1.165, 1.54) is 24.4 Å². The standard InChI is InChI=1S/C15H24N4S2/c1-3-9-17-15(11-16)8-5-6-12(15)7-10-20-14-18-13(4-2)19-21-14/h12,17H,3-10H2,1-2H3. The predicted octanol–water partition coefficient (Wildman–Crippen LogP) is 3.64. The lowest BCUT2D eigenvalue weighted by atomic mass is 9.86. The van der Waals surface area contributed by atoms with Crippen LogP contribution in [0.4, 0.5) is 0 Å². The lowest BCUT2D eigenvalue weighted by Crippen LogP contribution is -2.47. The Bertz CT molecular complexity index is 482. The minimum Gasteiger partial charge on any atom is -0.299 e. The molecule has 0 bridgehead atoms. The Morgan fingerprint density at radius 3 is 3.05 bits per heavy atom. The van der Waals surface area contributed by atoms with Crippen molar-refractivity contribution in [3.8, 4) is 6.07 Å². The maximum atomic E-state index is 9.63. The molecular weight excluding hydrogens is 300 g/mol. The number of nitrogens with zero attached hydrogens (tertiary/aromatic N) is 3. The van der Waals surface area contributed by atoms with Gasteiger partial charge in [0.05, 0.1) is 6.07 Å². The molecule has 0 spiro atoms. The lowest BCUT2D eigenvalue weighted by Gasteiger charge is -2.29. The van der Waals surface area contributed by atoms with Gasteiger partial charge in [-0.25, -0.2) is 4.98 Å². The summed E-state index contributed by atoms with van der Waals surface area (Å²) in [6.07, 6.45) is 6.39. The van der Waals surface area contributed by atoms with Gasteiger partial charge in [0.2, 0.25) is 0 Å². The van der Waals surface area contributed by atoms with E-state index in [1.54, 1.807) is 11.8 Å². The molecule has 6 heteroatoms. The van der Waals surface area contributed by atoms with Crippen LogP contribution in [0.3, 0.4) is 0 Å². The number of aromatic nitrogens is 2. The third kappa shape index (κ3) is 4.18. The summed E-state index contributed by atoms with van der Waals surface area (Å²) >= 11 is 3.28. The molecule has 2 atom stereocenters. The van der Waals surface area contributed by atoms with Gasteiger partial charge in [0, 0.05) is 12.2 Å². The van der Waals surface area contributed by atoms with Gasteiger partial charge in [-0.15, -0.1) is 0 Å². The van der Waals surface area contributed by atoms with Crippen LogP contribution in [0.25, 0.3) is 0 Å². The van der Waals surface area contributed by atoms with Gasteiger partial charge in [0.15, 0.2) is 4.34 Å². The molecule has 1 aromatic heterocycles. The molecule has 1 aliphatic rings. The minimum atomic E-state index is -0.285. The molecule has 1 fully saturated rings. The molecule has 21 heavy (non-hydrogen) atoms. The SMILES string of the molecule is CCCNC1(C#N)CCCC1CCSc1nc(CC)ns1. The van der Waals surface area contributed by atoms with Gasteiger partial charge in [-0.05, 0) is 49.7 Å². The first kappa shape index (κ1) is 16.7. The average Bonchev–Trinajstić information content (AvgIpc) is 3.12. The molecule has 0 saturated heterocycles. The number of hydrogen-bond acceptors (Lipinski definition) is 6. The van der Waals surface area contributed by atoms with Crippen molar-refractivity contribution in [1.82, 2.24) is 14.7 Å². The third-order valence-corrected chi connectivity index (χ3v) is 6.07. The van der Waals surface area contributed by atoms with E-state index in [0.717, 1.165) is 48.1 Å². The molecule has 1 aromatic rings. The molecule has 1 aliphatic carbocycles. The van der Waals surface area contributed by atoms with E-state index in [-0.39, 0.29) is 5.54 Å². The maximum absolute atomic E-state index is 9.63. The van der Waals surface area contributed by atoms with Crippen LogP contribution in [0.15, 0.2) is 4.34 Å². The summed E-state index contributed by atoms with van der Waals surface area (Å²) in [6, 6.07) is 2.58. The van der Waals surface area contributed by atoms with Crippen molar-refractivity contribution in [2.75, 3.05) is 12.3 Å². The van der Waals surface area contributed by atoms with E-state index in [1.807, 2.05) is 0 Å². The summed E-state index contributed by atoms with van der Waals surface area (Å²) in [7, 11) is 0. The number of hydrogen-bond donors (Lipinski definition) is 1. The quantitative estimate of drug-likeness (QED) is 0.740. The zero-order chi connectivity index (χ0) is 15.1. The van der Waals surface area contributed by atoms with Gasteiger partial charge in [0.1, 0.15) is 11.4 Å². The third-order valence-electron chi connectivity index (χ3n) is 4.17. The molecule has 2 unspecified atom stereocenters. The van der Waals surface area contributed by atoms with E-state index < -0.39 is 0 Å². The van der Waals surface area contributed by atoms with Gasteiger partial charge < -0.3 is 0 Å². The van der Waals surface area contributed by atoms with Crippen LogP contribution in [0, 0.1) is 17.2 Å². The molecule has 1 N–H and O–H groups in total. The highest BCUT2D eigenvalue weighted by atomic mass is 32.2. The Kier molecular flexibility index (Phi) is 6.46. The zero-order valence-corrected chi connectivity index (χ0v) is 14.5. The molecular formula is C15H24N4S2. The van der Waals surface area contributed by atoms with Crippen LogP contribution in [0.1, 0.15) is 51.8 Å². The molecule has 2 rings (SSSR count). The van der Waals surface area contributed by atoms with Crippen LogP contribution < -0.4 is 5.32 Å². The Morgan fingerprint density at radius 2 is 2.38 bits per heavy atom. The molecule has 1 heterocycles. The summed E-state index contributed by atoms with van der Waals surface area (Å²) in [6.45, 7) is 5.17. The number of aryl methyl sites for hydroxylation is 1. The number of rotatable bonds is 8. The zero-order valence-electron chi connectivity index (χ0n) is 12.9. The monoisotopic (exact) mass is 324 g/mol. The normalized spacial score (nSPS) is 25.1. The predicted molar refractivity (Wildman–Crippen MR) is 88.6 cm³/mol. The second-order valence-corrected chi connectivity index (χ2v) is 7.66. The number of nitrogens with one attached hydrogen (secondary N) is 1. The van der Waals surface area contributed by atoms with Crippen LogP contribution in [-0.4, -0.2) is 27.2 Å². The molecule has 116 valence electrons. The molecule has 1 saturated carbocycles. The summed E-state index contributed by atoms with van der Waals surface area (Å²) in [5, 5.41) is 13.1. The first-order chi connectivity index (χ1) is 10.2. The first-order valence-corrected chi connectivity index (χ1v) is 9.61. The Balaban J connectivity index is 1.85. The van der Waals surface area contributed by atoms with Gasteiger partial charge in [0.25, 0.3) is 0 Å². The average molecular weight is 325 g/mol. The van der Waals surface area contributed by atoms with E-state index in [2.05, 4.69) is 34.6 Å². The van der Waals surface area contributed by atoms with Crippen molar-refractivity contribution in [2.24, 2.45) is 5.92 Å². The maximum Gasteiger partial charge on any atom is 0.170 e. The summed E-state index contributed by atoms with van der Waals surface area (Å²) < 4.78 is 5.38. The fourth-order valence-electron chi connectivity index (χ4n) is 2.96. The minimum absolute atomic E-state index is 0.285. The van der Waals surface area contributed by atoms with Gasteiger partial charge in [-0.2, -0.15) is 9.64 Å².